The summed E-state index contributed by atoms with van der Waals surface area (Å²) in [7, 11) is -2.10. The van der Waals surface area contributed by atoms with Crippen LogP contribution in [0.1, 0.15) is 95.4 Å². The molecule has 226 valence electrons. The quantitative estimate of drug-likeness (QED) is 0.221. The van der Waals surface area contributed by atoms with Gasteiger partial charge >= 0.3 is 5.97 Å². The highest BCUT2D eigenvalue weighted by Crippen LogP contribution is 2.46. The van der Waals surface area contributed by atoms with Crippen LogP contribution in [0.5, 0.6) is 0 Å². The summed E-state index contributed by atoms with van der Waals surface area (Å²) in [6.45, 7) is 23.5. The molecule has 0 aliphatic carbocycles. The molecule has 2 saturated heterocycles. The lowest BCUT2D eigenvalue weighted by Crippen LogP contribution is -2.52. The maximum absolute atomic E-state index is 13.0. The second kappa shape index (κ2) is 12.6. The van der Waals surface area contributed by atoms with Crippen molar-refractivity contribution in [3.63, 3.8) is 0 Å². The van der Waals surface area contributed by atoms with Gasteiger partial charge in [-0.25, -0.2) is 4.79 Å². The molecule has 2 N–H and O–H groups in total. The SMILES string of the molecule is CC(C)[Si](OCC1=CC[C@H]([C@H](C)[C@H](O)[C@@H](C)[C@@H](O)[C@@H](C)[C@@H]2O[C@@]3(C)CC[C@H](O3)[C@H]2C)OC1=O)(C(C)C)C(C)C. The molecule has 0 amide bonds. The van der Waals surface area contributed by atoms with Crippen molar-refractivity contribution in [1.29, 1.82) is 0 Å². The second-order valence-electron chi connectivity index (χ2n) is 13.8. The minimum Gasteiger partial charge on any atom is -0.458 e. The Kier molecular flexibility index (Phi) is 10.6. The molecule has 0 aromatic carbocycles. The van der Waals surface area contributed by atoms with Crippen molar-refractivity contribution < 1.29 is 33.6 Å². The van der Waals surface area contributed by atoms with Gasteiger partial charge in [0.2, 0.25) is 8.32 Å². The van der Waals surface area contributed by atoms with E-state index < -0.39 is 38.3 Å². The standard InChI is InChI=1S/C31H56O7Si/c1-17(2)39(18(3)4,19(5)6)35-16-24-12-13-25(36-30(24)34)20(7)27(32)22(9)28(33)23(10)29-21(8)26-14-15-31(11,37-26)38-29/h12,17-23,25-29,32-33H,13-16H2,1-11H3/t20-,21+,22+,23+,25+,26-,27-,28+,29+,31-/m0/s1. The number of carbonyl (C=O) groups is 1. The first kappa shape index (κ1) is 32.7. The number of aliphatic hydroxyl groups excluding tert-OH is 2. The Hall–Kier alpha value is -0.773. The van der Waals surface area contributed by atoms with E-state index in [1.54, 1.807) is 0 Å². The molecular weight excluding hydrogens is 512 g/mol. The molecule has 3 aliphatic heterocycles. The van der Waals surface area contributed by atoms with Gasteiger partial charge in [-0.1, -0.05) is 75.3 Å². The molecule has 39 heavy (non-hydrogen) atoms. The highest BCUT2D eigenvalue weighted by Gasteiger charge is 2.52. The highest BCUT2D eigenvalue weighted by molar-refractivity contribution is 6.77. The molecule has 2 bridgehead atoms. The summed E-state index contributed by atoms with van der Waals surface area (Å²) in [6, 6.07) is 0. The van der Waals surface area contributed by atoms with Crippen LogP contribution in [0.4, 0.5) is 0 Å². The van der Waals surface area contributed by atoms with E-state index in [1.807, 2.05) is 33.8 Å². The van der Waals surface area contributed by atoms with E-state index in [-0.39, 0.29) is 42.5 Å². The van der Waals surface area contributed by atoms with Crippen molar-refractivity contribution in [3.8, 4) is 0 Å². The lowest BCUT2D eigenvalue weighted by molar-refractivity contribution is -0.309. The summed E-state index contributed by atoms with van der Waals surface area (Å²) < 4.78 is 24.9. The van der Waals surface area contributed by atoms with Crippen LogP contribution in [0.25, 0.3) is 0 Å². The maximum atomic E-state index is 13.0. The fourth-order valence-corrected chi connectivity index (χ4v) is 13.2. The maximum Gasteiger partial charge on any atom is 0.336 e. The summed E-state index contributed by atoms with van der Waals surface area (Å²) in [4.78, 5) is 13.0. The fourth-order valence-electron chi connectivity index (χ4n) is 7.81. The molecule has 0 unspecified atom stereocenters. The third-order valence-electron chi connectivity index (χ3n) is 10.3. The van der Waals surface area contributed by atoms with Gasteiger partial charge in [0.15, 0.2) is 5.79 Å². The number of carbonyl (C=O) groups excluding carboxylic acids is 1. The van der Waals surface area contributed by atoms with Crippen LogP contribution in [-0.4, -0.2) is 67.4 Å². The van der Waals surface area contributed by atoms with E-state index >= 15 is 0 Å². The van der Waals surface area contributed by atoms with Crippen molar-refractivity contribution in [2.75, 3.05) is 6.61 Å². The van der Waals surface area contributed by atoms with Crippen LogP contribution in [0.3, 0.4) is 0 Å². The van der Waals surface area contributed by atoms with Crippen molar-refractivity contribution in [3.05, 3.63) is 11.6 Å². The predicted molar refractivity (Wildman–Crippen MR) is 156 cm³/mol. The third-order valence-corrected chi connectivity index (χ3v) is 16.4. The number of esters is 1. The smallest absolute Gasteiger partial charge is 0.336 e. The normalized spacial score (nSPS) is 33.6. The molecule has 7 nitrogen and oxygen atoms in total. The van der Waals surface area contributed by atoms with E-state index in [0.717, 1.165) is 12.8 Å². The van der Waals surface area contributed by atoms with Crippen molar-refractivity contribution >= 4 is 14.3 Å². The Balaban J connectivity index is 1.61. The Morgan fingerprint density at radius 1 is 0.974 bits per heavy atom. The van der Waals surface area contributed by atoms with Gasteiger partial charge in [-0.15, -0.1) is 0 Å². The fraction of sp³-hybridized carbons (Fsp3) is 0.903. The zero-order valence-electron chi connectivity index (χ0n) is 26.3. The van der Waals surface area contributed by atoms with E-state index in [0.29, 0.717) is 28.6 Å². The molecule has 2 fully saturated rings. The lowest BCUT2D eigenvalue weighted by atomic mass is 9.77. The van der Waals surface area contributed by atoms with Gasteiger partial charge < -0.3 is 28.8 Å². The zero-order valence-corrected chi connectivity index (χ0v) is 27.3. The largest absolute Gasteiger partial charge is 0.458 e. The molecule has 0 aromatic heterocycles. The monoisotopic (exact) mass is 568 g/mol. The van der Waals surface area contributed by atoms with Crippen LogP contribution in [0.15, 0.2) is 11.6 Å². The minimum absolute atomic E-state index is 0.142. The van der Waals surface area contributed by atoms with E-state index in [1.165, 1.54) is 0 Å². The Morgan fingerprint density at radius 3 is 2.08 bits per heavy atom. The molecule has 0 spiro atoms. The molecule has 10 atom stereocenters. The van der Waals surface area contributed by atoms with Crippen LogP contribution in [0.2, 0.25) is 16.6 Å². The number of hydrogen-bond acceptors (Lipinski definition) is 7. The highest BCUT2D eigenvalue weighted by atomic mass is 28.4. The number of rotatable bonds is 12. The zero-order chi connectivity index (χ0) is 29.4. The van der Waals surface area contributed by atoms with Gasteiger partial charge in [-0.2, -0.15) is 0 Å². The van der Waals surface area contributed by atoms with Crippen molar-refractivity contribution in [1.82, 2.24) is 0 Å². The van der Waals surface area contributed by atoms with Gasteiger partial charge in [0.25, 0.3) is 0 Å². The van der Waals surface area contributed by atoms with E-state index in [9.17, 15) is 15.0 Å². The first-order chi connectivity index (χ1) is 18.1. The summed E-state index contributed by atoms with van der Waals surface area (Å²) in [5.74, 6) is -1.70. The summed E-state index contributed by atoms with van der Waals surface area (Å²) in [5.41, 5.74) is 1.87. The molecule has 8 heteroatoms. The van der Waals surface area contributed by atoms with Crippen LogP contribution in [0, 0.1) is 23.7 Å². The van der Waals surface area contributed by atoms with Gasteiger partial charge in [0.1, 0.15) is 6.10 Å². The van der Waals surface area contributed by atoms with Gasteiger partial charge in [0, 0.05) is 36.5 Å². The minimum atomic E-state index is -2.10. The molecule has 3 aliphatic rings. The third kappa shape index (κ3) is 6.51. The Morgan fingerprint density at radius 2 is 1.54 bits per heavy atom. The number of hydrogen-bond donors (Lipinski definition) is 2. The lowest BCUT2D eigenvalue weighted by Gasteiger charge is -2.45. The van der Waals surface area contributed by atoms with Crippen molar-refractivity contribution in [2.45, 2.75) is 148 Å². The first-order valence-electron chi connectivity index (χ1n) is 15.3. The number of aliphatic hydroxyl groups is 2. The Bertz CT molecular complexity index is 851. The number of cyclic esters (lactones) is 1. The molecule has 3 heterocycles. The summed E-state index contributed by atoms with van der Waals surface area (Å²) in [5, 5.41) is 22.6. The summed E-state index contributed by atoms with van der Waals surface area (Å²) in [6.07, 6.45) is 2.23. The molecule has 3 rings (SSSR count). The first-order valence-corrected chi connectivity index (χ1v) is 17.4. The van der Waals surface area contributed by atoms with Crippen molar-refractivity contribution in [2.24, 2.45) is 23.7 Å². The van der Waals surface area contributed by atoms with Crippen LogP contribution < -0.4 is 0 Å². The average molecular weight is 569 g/mol. The number of ether oxygens (including phenoxy) is 3. The predicted octanol–water partition coefficient (Wildman–Crippen LogP) is 5.98. The molecule has 0 aromatic rings. The topological polar surface area (TPSA) is 94.5 Å². The molecule has 0 radical (unpaired) electrons. The summed E-state index contributed by atoms with van der Waals surface area (Å²) >= 11 is 0. The van der Waals surface area contributed by atoms with E-state index in [4.69, 9.17) is 18.6 Å². The van der Waals surface area contributed by atoms with Gasteiger partial charge in [0.05, 0.1) is 36.6 Å². The van der Waals surface area contributed by atoms with Gasteiger partial charge in [-0.05, 0) is 30.0 Å². The van der Waals surface area contributed by atoms with Crippen LogP contribution >= 0.6 is 0 Å². The van der Waals surface area contributed by atoms with Crippen LogP contribution in [-0.2, 0) is 23.4 Å². The van der Waals surface area contributed by atoms with Gasteiger partial charge in [-0.3, -0.25) is 0 Å². The molecule has 0 saturated carbocycles. The van der Waals surface area contributed by atoms with E-state index in [2.05, 4.69) is 48.5 Å². The number of fused-ring (bicyclic) bond motifs is 2. The Labute approximate surface area is 238 Å². The molecular formula is C31H56O7Si. The second-order valence-corrected chi connectivity index (χ2v) is 19.3. The average Bonchev–Trinajstić information content (AvgIpc) is 3.21.